The number of hydrogen-bond donors (Lipinski definition) is 2. The molecule has 0 amide bonds. The number of hydrogen-bond acceptors (Lipinski definition) is 3. The highest BCUT2D eigenvalue weighted by Crippen LogP contribution is 2.14. The summed E-state index contributed by atoms with van der Waals surface area (Å²) in [5, 5.41) is 18.0. The monoisotopic (exact) mass is 210 g/mol. The normalized spacial score (nSPS) is 14.3. The van der Waals surface area contributed by atoms with Gasteiger partial charge in [0.1, 0.15) is 12.4 Å². The second-order valence-electron chi connectivity index (χ2n) is 3.68. The smallest absolute Gasteiger partial charge is 0.339 e. The van der Waals surface area contributed by atoms with Gasteiger partial charge in [0.25, 0.3) is 0 Å². The Morgan fingerprint density at radius 1 is 1.40 bits per heavy atom. The molecule has 0 heterocycles. The lowest BCUT2D eigenvalue weighted by Crippen LogP contribution is -2.41. The Bertz CT molecular complexity index is 340. The number of rotatable bonds is 4. The first-order chi connectivity index (χ1) is 6.92. The Balaban J connectivity index is 2.57. The van der Waals surface area contributed by atoms with Gasteiger partial charge in [0, 0.05) is 0 Å². The highest BCUT2D eigenvalue weighted by atomic mass is 16.5. The van der Waals surface area contributed by atoms with Gasteiger partial charge >= 0.3 is 5.97 Å². The van der Waals surface area contributed by atoms with E-state index in [0.717, 1.165) is 5.56 Å². The predicted octanol–water partition coefficient (Wildman–Crippen LogP) is 1.21. The van der Waals surface area contributed by atoms with Crippen LogP contribution in [0.5, 0.6) is 5.75 Å². The average Bonchev–Trinajstić information content (AvgIpc) is 2.17. The maximum atomic E-state index is 10.6. The maximum Gasteiger partial charge on any atom is 0.339 e. The molecule has 0 aromatic heterocycles. The topological polar surface area (TPSA) is 66.8 Å². The third kappa shape index (κ3) is 3.25. The van der Waals surface area contributed by atoms with Gasteiger partial charge in [0.05, 0.1) is 0 Å². The second-order valence-corrected chi connectivity index (χ2v) is 3.68. The minimum Gasteiger partial charge on any atom is -0.490 e. The van der Waals surface area contributed by atoms with Crippen LogP contribution in [0.2, 0.25) is 0 Å². The van der Waals surface area contributed by atoms with E-state index in [0.29, 0.717) is 5.75 Å². The largest absolute Gasteiger partial charge is 0.490 e. The van der Waals surface area contributed by atoms with Crippen LogP contribution >= 0.6 is 0 Å². The minimum absolute atomic E-state index is 0.272. The summed E-state index contributed by atoms with van der Waals surface area (Å²) in [7, 11) is 0. The summed E-state index contributed by atoms with van der Waals surface area (Å²) in [6.45, 7) is 2.87. The lowest BCUT2D eigenvalue weighted by Gasteiger charge is -2.18. The molecule has 0 saturated heterocycles. The molecular formula is C11H14O4. The van der Waals surface area contributed by atoms with Crippen LogP contribution in [-0.4, -0.2) is 28.4 Å². The van der Waals surface area contributed by atoms with Crippen molar-refractivity contribution >= 4 is 5.97 Å². The summed E-state index contributed by atoms with van der Waals surface area (Å²) in [6.07, 6.45) is 0. The van der Waals surface area contributed by atoms with Crippen LogP contribution < -0.4 is 4.74 Å². The second kappa shape index (κ2) is 4.31. The zero-order valence-electron chi connectivity index (χ0n) is 8.73. The molecule has 0 fully saturated rings. The first-order valence-corrected chi connectivity index (χ1v) is 4.57. The Labute approximate surface area is 88.1 Å². The molecule has 0 spiro atoms. The van der Waals surface area contributed by atoms with E-state index < -0.39 is 11.6 Å². The summed E-state index contributed by atoms with van der Waals surface area (Å²) in [5.41, 5.74) is -0.766. The zero-order chi connectivity index (χ0) is 11.5. The summed E-state index contributed by atoms with van der Waals surface area (Å²) in [4.78, 5) is 10.6. The van der Waals surface area contributed by atoms with Gasteiger partial charge in [-0.3, -0.25) is 0 Å². The van der Waals surface area contributed by atoms with Crippen molar-refractivity contribution in [3.05, 3.63) is 29.8 Å². The number of carbonyl (C=O) groups is 1. The van der Waals surface area contributed by atoms with Gasteiger partial charge in [-0.25, -0.2) is 4.79 Å². The molecule has 0 saturated carbocycles. The fraction of sp³-hybridized carbons (Fsp3) is 0.364. The fourth-order valence-electron chi connectivity index (χ4n) is 0.920. The lowest BCUT2D eigenvalue weighted by molar-refractivity contribution is -0.159. The molecule has 1 atom stereocenters. The van der Waals surface area contributed by atoms with Crippen molar-refractivity contribution in [2.24, 2.45) is 0 Å². The molecule has 0 radical (unpaired) electrons. The van der Waals surface area contributed by atoms with Crippen LogP contribution in [0, 0.1) is 6.92 Å². The lowest BCUT2D eigenvalue weighted by atomic mass is 10.1. The van der Waals surface area contributed by atoms with E-state index >= 15 is 0 Å². The molecule has 0 unspecified atom stereocenters. The first kappa shape index (κ1) is 11.5. The molecule has 15 heavy (non-hydrogen) atoms. The van der Waals surface area contributed by atoms with E-state index in [9.17, 15) is 9.90 Å². The van der Waals surface area contributed by atoms with Crippen molar-refractivity contribution in [2.45, 2.75) is 19.4 Å². The van der Waals surface area contributed by atoms with Crippen molar-refractivity contribution < 1.29 is 19.7 Å². The van der Waals surface area contributed by atoms with Crippen LogP contribution in [0.4, 0.5) is 0 Å². The summed E-state index contributed by atoms with van der Waals surface area (Å²) < 4.78 is 5.16. The molecule has 0 aliphatic heterocycles. The van der Waals surface area contributed by atoms with E-state index in [1.54, 1.807) is 12.1 Å². The molecule has 1 aromatic rings. The Hall–Kier alpha value is -1.55. The molecule has 4 nitrogen and oxygen atoms in total. The fourth-order valence-corrected chi connectivity index (χ4v) is 0.920. The molecule has 1 aromatic carbocycles. The van der Waals surface area contributed by atoms with Gasteiger partial charge in [-0.05, 0) is 26.0 Å². The molecule has 0 bridgehead atoms. The number of carboxylic acids is 1. The number of carboxylic acid groups (broad SMARTS) is 1. The van der Waals surface area contributed by atoms with E-state index in [1.165, 1.54) is 6.92 Å². The Morgan fingerprint density at radius 2 is 1.93 bits per heavy atom. The maximum absolute atomic E-state index is 10.6. The molecule has 0 aliphatic carbocycles. The van der Waals surface area contributed by atoms with Crippen molar-refractivity contribution in [3.8, 4) is 5.75 Å². The van der Waals surface area contributed by atoms with Crippen LogP contribution in [0.1, 0.15) is 12.5 Å². The van der Waals surface area contributed by atoms with Crippen molar-refractivity contribution in [3.63, 3.8) is 0 Å². The minimum atomic E-state index is -1.86. The number of ether oxygens (including phenoxy) is 1. The number of aryl methyl sites for hydroxylation is 1. The highest BCUT2D eigenvalue weighted by molar-refractivity contribution is 5.76. The molecule has 1 rings (SSSR count). The Kier molecular flexibility index (Phi) is 3.31. The molecule has 0 aliphatic rings. The van der Waals surface area contributed by atoms with Gasteiger partial charge in [-0.1, -0.05) is 17.7 Å². The van der Waals surface area contributed by atoms with E-state index in [4.69, 9.17) is 9.84 Å². The summed E-state index contributed by atoms with van der Waals surface area (Å²) >= 11 is 0. The van der Waals surface area contributed by atoms with Crippen LogP contribution in [0.15, 0.2) is 24.3 Å². The molecule has 82 valence electrons. The molecule has 2 N–H and O–H groups in total. The summed E-state index contributed by atoms with van der Waals surface area (Å²) in [6, 6.07) is 7.16. The van der Waals surface area contributed by atoms with Crippen LogP contribution in [-0.2, 0) is 4.79 Å². The van der Waals surface area contributed by atoms with E-state index in [2.05, 4.69) is 0 Å². The number of benzene rings is 1. The standard InChI is InChI=1S/C11H14O4/c1-8-3-5-9(6-4-8)15-7-11(2,14)10(12)13/h3-6,14H,7H2,1-2H3,(H,12,13)/t11-/m0/s1. The number of aliphatic hydroxyl groups is 1. The predicted molar refractivity (Wildman–Crippen MR) is 54.9 cm³/mol. The summed E-state index contributed by atoms with van der Waals surface area (Å²) in [5.74, 6) is -0.753. The van der Waals surface area contributed by atoms with Gasteiger partial charge in [0.15, 0.2) is 5.60 Å². The van der Waals surface area contributed by atoms with E-state index in [1.807, 2.05) is 19.1 Å². The quantitative estimate of drug-likeness (QED) is 0.783. The Morgan fingerprint density at radius 3 is 2.40 bits per heavy atom. The molecule has 4 heteroatoms. The first-order valence-electron chi connectivity index (χ1n) is 4.57. The van der Waals surface area contributed by atoms with Crippen molar-refractivity contribution in [1.29, 1.82) is 0 Å². The van der Waals surface area contributed by atoms with Crippen LogP contribution in [0.3, 0.4) is 0 Å². The highest BCUT2D eigenvalue weighted by Gasteiger charge is 2.30. The third-order valence-corrected chi connectivity index (χ3v) is 2.00. The van der Waals surface area contributed by atoms with Gasteiger partial charge in [-0.15, -0.1) is 0 Å². The zero-order valence-corrected chi connectivity index (χ0v) is 8.73. The van der Waals surface area contributed by atoms with Crippen molar-refractivity contribution in [1.82, 2.24) is 0 Å². The van der Waals surface area contributed by atoms with Crippen molar-refractivity contribution in [2.75, 3.05) is 6.61 Å². The molecular weight excluding hydrogens is 196 g/mol. The third-order valence-electron chi connectivity index (χ3n) is 2.00. The average molecular weight is 210 g/mol. The number of aliphatic carboxylic acids is 1. The van der Waals surface area contributed by atoms with Gasteiger partial charge < -0.3 is 14.9 Å². The van der Waals surface area contributed by atoms with Gasteiger partial charge in [0.2, 0.25) is 0 Å². The van der Waals surface area contributed by atoms with Crippen LogP contribution in [0.25, 0.3) is 0 Å². The SMILES string of the molecule is Cc1ccc(OC[C@](C)(O)C(=O)O)cc1. The van der Waals surface area contributed by atoms with Gasteiger partial charge in [-0.2, -0.15) is 0 Å². The van der Waals surface area contributed by atoms with E-state index in [-0.39, 0.29) is 6.61 Å².